The van der Waals surface area contributed by atoms with Crippen molar-refractivity contribution in [2.75, 3.05) is 60.4 Å². The molecule has 94 heavy (non-hydrogen) atoms. The maximum atomic E-state index is 14.8. The number of carboxylic acids is 1. The Morgan fingerprint density at radius 1 is 0.734 bits per heavy atom. The van der Waals surface area contributed by atoms with E-state index in [0.717, 1.165) is 11.1 Å². The van der Waals surface area contributed by atoms with Crippen molar-refractivity contribution in [3.05, 3.63) is 65.7 Å². The van der Waals surface area contributed by atoms with Gasteiger partial charge in [0.2, 0.25) is 35.4 Å². The van der Waals surface area contributed by atoms with Gasteiger partial charge in [-0.05, 0) is 107 Å². The Balaban J connectivity index is 0.00000405. The Morgan fingerprint density at radius 2 is 1.32 bits per heavy atom. The monoisotopic (exact) mass is 1330 g/mol. The second-order valence-electron chi connectivity index (χ2n) is 25.9. The number of amides is 9. The van der Waals surface area contributed by atoms with Crippen LogP contribution in [0.2, 0.25) is 0 Å². The lowest BCUT2D eigenvalue weighted by Gasteiger charge is -2.41. The summed E-state index contributed by atoms with van der Waals surface area (Å²) in [6, 6.07) is 10.2. The number of anilines is 1. The van der Waals surface area contributed by atoms with E-state index in [-0.39, 0.29) is 67.2 Å². The molecule has 1 aliphatic heterocycles. The van der Waals surface area contributed by atoms with Crippen LogP contribution in [-0.2, 0) is 70.1 Å². The van der Waals surface area contributed by atoms with E-state index in [2.05, 4.69) is 31.9 Å². The van der Waals surface area contributed by atoms with Gasteiger partial charge in [0.05, 0.1) is 49.8 Å². The van der Waals surface area contributed by atoms with E-state index in [0.29, 0.717) is 50.9 Å². The van der Waals surface area contributed by atoms with E-state index in [1.165, 1.54) is 21.3 Å². The van der Waals surface area contributed by atoms with Crippen molar-refractivity contribution in [1.29, 1.82) is 0 Å². The van der Waals surface area contributed by atoms with Crippen LogP contribution >= 0.6 is 0 Å². The number of hydrogen-bond acceptors (Lipinski definition) is 15. The van der Waals surface area contributed by atoms with Crippen LogP contribution in [0.1, 0.15) is 133 Å². The maximum Gasteiger partial charge on any atom is 0.490 e. The van der Waals surface area contributed by atoms with E-state index >= 15 is 0 Å². The third-order valence-electron chi connectivity index (χ3n) is 16.4. The zero-order valence-electron chi connectivity index (χ0n) is 57.8. The molecule has 25 nitrogen and oxygen atoms in total. The van der Waals surface area contributed by atoms with Gasteiger partial charge in [0.1, 0.15) is 29.8 Å². The smallest absolute Gasteiger partial charge is 0.475 e. The third kappa shape index (κ3) is 27.0. The van der Waals surface area contributed by atoms with Gasteiger partial charge in [-0.2, -0.15) is 13.2 Å². The fourth-order valence-corrected chi connectivity index (χ4v) is 11.2. The summed E-state index contributed by atoms with van der Waals surface area (Å²) in [5.74, 6) is -7.41. The summed E-state index contributed by atoms with van der Waals surface area (Å²) in [5.41, 5.74) is 6.66. The number of hydrogen-bond donors (Lipinski definition) is 8. The van der Waals surface area contributed by atoms with Crippen molar-refractivity contribution >= 4 is 65.2 Å². The number of nitrogens with zero attached hydrogens (tertiary/aromatic N) is 3. The molecule has 2 aromatic carbocycles. The van der Waals surface area contributed by atoms with Crippen LogP contribution in [0.3, 0.4) is 0 Å². The molecule has 1 aliphatic rings. The molecule has 530 valence electrons. The molecule has 0 spiro atoms. The number of carboxylic acid groups (broad SMARTS) is 1. The van der Waals surface area contributed by atoms with Gasteiger partial charge in [-0.1, -0.05) is 111 Å². The van der Waals surface area contributed by atoms with Crippen molar-refractivity contribution < 1.29 is 85.2 Å². The highest BCUT2D eigenvalue weighted by Crippen LogP contribution is 2.30. The number of primary amides is 1. The number of methoxy groups -OCH3 is 3. The van der Waals surface area contributed by atoms with Crippen LogP contribution in [0.5, 0.6) is 0 Å². The molecule has 0 saturated carbocycles. The largest absolute Gasteiger partial charge is 0.490 e. The third-order valence-corrected chi connectivity index (χ3v) is 16.4. The van der Waals surface area contributed by atoms with E-state index in [4.69, 9.17) is 34.6 Å². The van der Waals surface area contributed by atoms with Crippen LogP contribution < -0.4 is 37.6 Å². The number of aliphatic carboxylic acids is 1. The van der Waals surface area contributed by atoms with Gasteiger partial charge >= 0.3 is 30.2 Å². The highest BCUT2D eigenvalue weighted by atomic mass is 19.4. The fourth-order valence-electron chi connectivity index (χ4n) is 11.2. The minimum atomic E-state index is -5.08. The lowest BCUT2D eigenvalue weighted by Crippen LogP contribution is -2.60. The predicted molar refractivity (Wildman–Crippen MR) is 347 cm³/mol. The van der Waals surface area contributed by atoms with Gasteiger partial charge in [0.15, 0.2) is 0 Å². The van der Waals surface area contributed by atoms with Gasteiger partial charge in [0.25, 0.3) is 0 Å². The predicted octanol–water partition coefficient (Wildman–Crippen LogP) is 6.20. The Morgan fingerprint density at radius 3 is 1.82 bits per heavy atom. The Labute approximate surface area is 551 Å². The molecule has 1 heterocycles. The second kappa shape index (κ2) is 39.3. The average molecular weight is 1340 g/mol. The quantitative estimate of drug-likeness (QED) is 0.0285. The van der Waals surface area contributed by atoms with Gasteiger partial charge in [-0.3, -0.25) is 33.7 Å². The zero-order chi connectivity index (χ0) is 71.5. The molecule has 0 bridgehead atoms. The normalized spacial score (nSPS) is 16.5. The summed E-state index contributed by atoms with van der Waals surface area (Å²) in [6.07, 6.45) is -4.23. The fraction of sp³-hybridized carbons (Fsp3) is 0.667. The number of benzene rings is 2. The maximum absolute atomic E-state index is 14.8. The first-order valence-electron chi connectivity index (χ1n) is 31.9. The van der Waals surface area contributed by atoms with Gasteiger partial charge in [-0.25, -0.2) is 19.2 Å². The highest BCUT2D eigenvalue weighted by Gasteiger charge is 2.44. The number of urea groups is 1. The molecule has 9 amide bonds. The lowest BCUT2D eigenvalue weighted by atomic mass is 9.89. The number of rotatable bonds is 34. The molecule has 2 aromatic rings. The van der Waals surface area contributed by atoms with Crippen LogP contribution in [0, 0.1) is 29.6 Å². The summed E-state index contributed by atoms with van der Waals surface area (Å²) in [5, 5.41) is 23.8. The summed E-state index contributed by atoms with van der Waals surface area (Å²) in [4.78, 5) is 136. The molecule has 9 N–H and O–H groups in total. The van der Waals surface area contributed by atoms with E-state index in [1.807, 2.05) is 96.0 Å². The van der Waals surface area contributed by atoms with E-state index in [1.54, 1.807) is 70.5 Å². The SMILES string of the molecule is CC[C@H](C)[C@@H]([C@@H](CC(=O)N1CCC[C@H]1[C@H](OC)[C@@H](C)C(=O)N[C@@H](Cc1ccccc1)C(=O)OC)OC)N(C)C(=O)[C@@H](NC(=O)[C@H](C(C)C)N(C)CCc1ccc(NC(=O)[C@H](CCCNC(N)=O)NC(=O)[C@@H](NC(=O)OC(C)(C)C)C(C)C)cc1)C(C)C.O=C(O)C(F)(F)F. The number of ether oxygens (including phenoxy) is 4. The van der Waals surface area contributed by atoms with Crippen molar-refractivity contribution in [2.24, 2.45) is 35.3 Å². The van der Waals surface area contributed by atoms with Crippen molar-refractivity contribution in [3.8, 4) is 0 Å². The van der Waals surface area contributed by atoms with Gasteiger partial charge < -0.3 is 71.5 Å². The minimum Gasteiger partial charge on any atom is -0.475 e. The van der Waals surface area contributed by atoms with Crippen LogP contribution in [-0.4, -0.2) is 201 Å². The zero-order valence-corrected chi connectivity index (χ0v) is 57.8. The first-order valence-corrected chi connectivity index (χ1v) is 31.9. The lowest BCUT2D eigenvalue weighted by molar-refractivity contribution is -0.192. The van der Waals surface area contributed by atoms with Gasteiger partial charge in [0, 0.05) is 53.0 Å². The highest BCUT2D eigenvalue weighted by molar-refractivity contribution is 5.98. The molecule has 0 aromatic heterocycles. The molecule has 11 atom stereocenters. The standard InChI is InChI=1S/C64H104N10O13.C2HF3O2/c1-18-41(8)54(49(84-15)37-50(75)74-34-23-27-48(74)55(85-16)42(9)56(76)69-47(61(81)86-17)36-44-24-20-19-21-25-44)73(14)60(80)52(39(4)5)70-59(79)53(40(6)7)72(13)35-32-43-28-30-45(31-29-43)67-57(77)46(26-22-33-66-62(65)82)68-58(78)51(38(2)3)71-63(83)87-64(10,11)12;3-2(4,5)1(6)7/h19-21,24-25,28-31,38-42,46-49,51-55H,18,22-23,26-27,32-37H2,1-17H3,(H,67,77)(H,68,78)(H,69,76)(H,70,79)(H,71,83)(H3,65,66,82);(H,6,7)/t41-,42+,46-,47-,48-,49+,51-,52-,53-,54-,55+;/m0./s1. The summed E-state index contributed by atoms with van der Waals surface area (Å²) in [6.45, 7) is 23.1. The van der Waals surface area contributed by atoms with E-state index < -0.39 is 114 Å². The molecule has 1 saturated heterocycles. The molecular formula is C66H105F3N10O15. The number of nitrogens with two attached hydrogens (primary N) is 1. The number of esters is 1. The first-order chi connectivity index (χ1) is 43.8. The number of halogens is 3. The van der Waals surface area contributed by atoms with E-state index in [9.17, 15) is 56.3 Å². The number of nitrogens with one attached hydrogen (secondary N) is 6. The minimum absolute atomic E-state index is 0.0651. The molecular weight excluding hydrogens is 1230 g/mol. The molecule has 0 unspecified atom stereocenters. The van der Waals surface area contributed by atoms with Crippen LogP contribution in [0.4, 0.5) is 28.4 Å². The molecule has 0 radical (unpaired) electrons. The number of carbonyl (C=O) groups is 10. The molecule has 28 heteroatoms. The molecule has 3 rings (SSSR count). The number of likely N-dealkylation sites (N-methyl/N-ethyl adjacent to an activating group) is 2. The summed E-state index contributed by atoms with van der Waals surface area (Å²) >= 11 is 0. The Kier molecular flexibility index (Phi) is 34.5. The van der Waals surface area contributed by atoms with Crippen molar-refractivity contribution in [2.45, 2.75) is 201 Å². The number of alkyl halides is 3. The number of carbonyl (C=O) groups excluding carboxylic acids is 9. The van der Waals surface area contributed by atoms with Crippen molar-refractivity contribution in [3.63, 3.8) is 0 Å². The molecule has 1 fully saturated rings. The van der Waals surface area contributed by atoms with Crippen LogP contribution in [0.15, 0.2) is 54.6 Å². The number of likely N-dealkylation sites (tertiary alicyclic amines) is 1. The second-order valence-corrected chi connectivity index (χ2v) is 25.9. The number of alkyl carbamates (subject to hydrolysis) is 1. The van der Waals surface area contributed by atoms with Gasteiger partial charge in [-0.15, -0.1) is 0 Å². The molecule has 0 aliphatic carbocycles. The topological polar surface area (TPSA) is 336 Å². The summed E-state index contributed by atoms with van der Waals surface area (Å²) < 4.78 is 54.2. The average Bonchev–Trinajstić information content (AvgIpc) is 1.41. The Hall–Kier alpha value is -7.59. The Bertz CT molecular complexity index is 2770. The van der Waals surface area contributed by atoms with Crippen LogP contribution in [0.25, 0.3) is 0 Å². The first kappa shape index (κ1) is 82.5. The van der Waals surface area contributed by atoms with Crippen molar-refractivity contribution in [1.82, 2.24) is 41.3 Å². The summed E-state index contributed by atoms with van der Waals surface area (Å²) in [7, 11) is 7.86.